The van der Waals surface area contributed by atoms with E-state index in [2.05, 4.69) is 0 Å². The van der Waals surface area contributed by atoms with Gasteiger partial charge in [-0.2, -0.15) is 13.2 Å². The van der Waals surface area contributed by atoms with Crippen LogP contribution in [0.2, 0.25) is 0 Å². The Morgan fingerprint density at radius 1 is 0.897 bits per heavy atom. The van der Waals surface area contributed by atoms with Crippen LogP contribution < -0.4 is 14.2 Å². The third-order valence-electron chi connectivity index (χ3n) is 5.78. The molecule has 2 aromatic carbocycles. The Bertz CT molecular complexity index is 998. The fraction of sp³-hybridized carbons (Fsp3) is 0.500. The number of carboxylic acid groups (broad SMARTS) is 1. The van der Waals surface area contributed by atoms with E-state index in [1.54, 1.807) is 55.5 Å². The summed E-state index contributed by atoms with van der Waals surface area (Å²) in [6.45, 7) is 2.68. The molecule has 0 aliphatic heterocycles. The van der Waals surface area contributed by atoms with Gasteiger partial charge in [0.2, 0.25) is 0 Å². The maximum absolute atomic E-state index is 12.8. The Labute approximate surface area is 226 Å². The number of ether oxygens (including phenoxy) is 4. The lowest BCUT2D eigenvalue weighted by Crippen LogP contribution is -2.37. The van der Waals surface area contributed by atoms with E-state index in [0.29, 0.717) is 49.7 Å². The number of halogens is 3. The van der Waals surface area contributed by atoms with Gasteiger partial charge in [-0.05, 0) is 61.7 Å². The number of carboxylic acids is 1. The first kappa shape index (κ1) is 31.7. The Balaban J connectivity index is 1.90. The van der Waals surface area contributed by atoms with Crippen molar-refractivity contribution in [1.82, 2.24) is 4.90 Å². The van der Waals surface area contributed by atoms with Gasteiger partial charge in [-0.3, -0.25) is 0 Å². The van der Waals surface area contributed by atoms with Crippen LogP contribution in [0.3, 0.4) is 0 Å². The predicted molar refractivity (Wildman–Crippen MR) is 138 cm³/mol. The van der Waals surface area contributed by atoms with Crippen molar-refractivity contribution in [3.63, 3.8) is 0 Å². The van der Waals surface area contributed by atoms with Crippen molar-refractivity contribution in [2.45, 2.75) is 57.7 Å². The van der Waals surface area contributed by atoms with Crippen molar-refractivity contribution in [2.24, 2.45) is 0 Å². The first-order chi connectivity index (χ1) is 18.6. The van der Waals surface area contributed by atoms with E-state index < -0.39 is 30.8 Å². The van der Waals surface area contributed by atoms with Gasteiger partial charge in [0, 0.05) is 26.0 Å². The predicted octanol–water partition coefficient (Wildman–Crippen LogP) is 6.12. The molecule has 216 valence electrons. The molecule has 0 aromatic heterocycles. The van der Waals surface area contributed by atoms with Crippen molar-refractivity contribution in [3.05, 3.63) is 54.1 Å². The molecule has 1 amide bonds. The number of rotatable bonds is 17. The molecule has 0 aliphatic rings. The lowest BCUT2D eigenvalue weighted by Gasteiger charge is -2.22. The number of amides is 1. The highest BCUT2D eigenvalue weighted by atomic mass is 19.4. The second-order valence-corrected chi connectivity index (χ2v) is 8.79. The van der Waals surface area contributed by atoms with Crippen LogP contribution in [-0.2, 0) is 16.0 Å². The maximum atomic E-state index is 12.8. The van der Waals surface area contributed by atoms with E-state index in [-0.39, 0.29) is 26.0 Å². The quantitative estimate of drug-likeness (QED) is 0.235. The molecular weight excluding hydrogens is 519 g/mol. The number of aliphatic carboxylic acids is 1. The zero-order valence-corrected chi connectivity index (χ0v) is 22.2. The summed E-state index contributed by atoms with van der Waals surface area (Å²) in [5.41, 5.74) is 0.776. The standard InChI is InChI=1S/C28H36F3NO7/c1-3-37-25(26(33)34)20-21-8-10-23(11-9-21)38-19-18-32(17-7-5-4-6-16-28(29,30)31)27(35)39-24-14-12-22(36-2)13-15-24/h8-15,25H,3-7,16-20H2,1-2H3,(H,33,34). The molecule has 0 aliphatic carbocycles. The first-order valence-corrected chi connectivity index (χ1v) is 12.8. The zero-order valence-electron chi connectivity index (χ0n) is 22.2. The number of methoxy groups -OCH3 is 1. The van der Waals surface area contributed by atoms with Crippen molar-refractivity contribution in [2.75, 3.05) is 33.4 Å². The summed E-state index contributed by atoms with van der Waals surface area (Å²) in [6.07, 6.45) is -4.75. The fourth-order valence-corrected chi connectivity index (χ4v) is 3.71. The Morgan fingerprint density at radius 2 is 1.51 bits per heavy atom. The van der Waals surface area contributed by atoms with Crippen molar-refractivity contribution in [3.8, 4) is 17.2 Å². The molecule has 0 bridgehead atoms. The second kappa shape index (κ2) is 16.5. The van der Waals surface area contributed by atoms with Gasteiger partial charge in [-0.25, -0.2) is 9.59 Å². The smallest absolute Gasteiger partial charge is 0.415 e. The molecule has 2 aromatic rings. The molecule has 1 N–H and O–H groups in total. The van der Waals surface area contributed by atoms with E-state index >= 15 is 0 Å². The largest absolute Gasteiger partial charge is 0.497 e. The first-order valence-electron chi connectivity index (χ1n) is 12.8. The molecule has 0 spiro atoms. The topological polar surface area (TPSA) is 94.5 Å². The summed E-state index contributed by atoms with van der Waals surface area (Å²) in [5.74, 6) is 0.456. The van der Waals surface area contributed by atoms with Crippen LogP contribution in [0.1, 0.15) is 44.6 Å². The number of hydrogen-bond donors (Lipinski definition) is 1. The third kappa shape index (κ3) is 12.8. The second-order valence-electron chi connectivity index (χ2n) is 8.79. The van der Waals surface area contributed by atoms with Crippen molar-refractivity contribution < 1.29 is 46.8 Å². The average Bonchev–Trinajstić information content (AvgIpc) is 2.90. The third-order valence-corrected chi connectivity index (χ3v) is 5.78. The summed E-state index contributed by atoms with van der Waals surface area (Å²) in [4.78, 5) is 25.6. The van der Waals surface area contributed by atoms with E-state index in [4.69, 9.17) is 18.9 Å². The van der Waals surface area contributed by atoms with E-state index in [0.717, 1.165) is 5.56 Å². The highest BCUT2D eigenvalue weighted by molar-refractivity contribution is 5.72. The minimum atomic E-state index is -4.16. The molecule has 39 heavy (non-hydrogen) atoms. The summed E-state index contributed by atoms with van der Waals surface area (Å²) in [6, 6.07) is 13.4. The molecule has 11 heteroatoms. The molecule has 0 radical (unpaired) electrons. The van der Waals surface area contributed by atoms with Crippen LogP contribution in [0.4, 0.5) is 18.0 Å². The molecule has 1 atom stereocenters. The molecule has 8 nitrogen and oxygen atoms in total. The number of carbonyl (C=O) groups excluding carboxylic acids is 1. The van der Waals surface area contributed by atoms with Crippen LogP contribution in [0.5, 0.6) is 17.2 Å². The van der Waals surface area contributed by atoms with Gasteiger partial charge >= 0.3 is 18.2 Å². The number of benzene rings is 2. The highest BCUT2D eigenvalue weighted by Gasteiger charge is 2.25. The SMILES string of the molecule is CCOC(Cc1ccc(OCCN(CCCCCCC(F)(F)F)C(=O)Oc2ccc(OC)cc2)cc1)C(=O)O. The van der Waals surface area contributed by atoms with Gasteiger partial charge in [0.1, 0.15) is 23.9 Å². The maximum Gasteiger partial charge on any atom is 0.415 e. The molecule has 0 saturated heterocycles. The van der Waals surface area contributed by atoms with Gasteiger partial charge in [0.05, 0.1) is 13.7 Å². The fourth-order valence-electron chi connectivity index (χ4n) is 3.71. The van der Waals surface area contributed by atoms with E-state index in [9.17, 15) is 27.9 Å². The Kier molecular flexibility index (Phi) is 13.4. The normalized spacial score (nSPS) is 12.0. The van der Waals surface area contributed by atoms with Crippen molar-refractivity contribution >= 4 is 12.1 Å². The van der Waals surface area contributed by atoms with E-state index in [1.165, 1.54) is 12.0 Å². The minimum Gasteiger partial charge on any atom is -0.497 e. The van der Waals surface area contributed by atoms with Gasteiger partial charge in [0.15, 0.2) is 6.10 Å². The van der Waals surface area contributed by atoms with Crippen LogP contribution in [0.15, 0.2) is 48.5 Å². The van der Waals surface area contributed by atoms with Gasteiger partial charge in [-0.1, -0.05) is 25.0 Å². The van der Waals surface area contributed by atoms with Crippen LogP contribution in [-0.4, -0.2) is 67.8 Å². The zero-order chi connectivity index (χ0) is 28.7. The van der Waals surface area contributed by atoms with Crippen LogP contribution >= 0.6 is 0 Å². The number of unbranched alkanes of at least 4 members (excludes halogenated alkanes) is 3. The van der Waals surface area contributed by atoms with Gasteiger partial charge in [0.25, 0.3) is 0 Å². The summed E-state index contributed by atoms with van der Waals surface area (Å²) in [5, 5.41) is 9.24. The minimum absolute atomic E-state index is 0.0523. The lowest BCUT2D eigenvalue weighted by atomic mass is 10.1. The molecule has 0 saturated carbocycles. The van der Waals surface area contributed by atoms with Gasteiger partial charge in [-0.15, -0.1) is 0 Å². The van der Waals surface area contributed by atoms with Gasteiger partial charge < -0.3 is 29.0 Å². The Morgan fingerprint density at radius 3 is 2.10 bits per heavy atom. The molecule has 2 rings (SSSR count). The van der Waals surface area contributed by atoms with Crippen LogP contribution in [0.25, 0.3) is 0 Å². The monoisotopic (exact) mass is 555 g/mol. The molecular formula is C28H36F3NO7. The molecule has 1 unspecified atom stereocenters. The summed E-state index contributed by atoms with van der Waals surface area (Å²) < 4.78 is 58.6. The summed E-state index contributed by atoms with van der Waals surface area (Å²) in [7, 11) is 1.53. The number of alkyl halides is 3. The molecule has 0 heterocycles. The lowest BCUT2D eigenvalue weighted by molar-refractivity contribution is -0.150. The number of nitrogens with zero attached hydrogens (tertiary/aromatic N) is 1. The van der Waals surface area contributed by atoms with Crippen LogP contribution in [0, 0.1) is 0 Å². The molecule has 0 fully saturated rings. The summed E-state index contributed by atoms with van der Waals surface area (Å²) >= 11 is 0. The Hall–Kier alpha value is -3.47. The number of carbonyl (C=O) groups is 2. The number of hydrogen-bond acceptors (Lipinski definition) is 6. The van der Waals surface area contributed by atoms with E-state index in [1.807, 2.05) is 0 Å². The average molecular weight is 556 g/mol. The highest BCUT2D eigenvalue weighted by Crippen LogP contribution is 2.23. The van der Waals surface area contributed by atoms with Crippen molar-refractivity contribution in [1.29, 1.82) is 0 Å².